The number of esters is 1. The first-order valence-electron chi connectivity index (χ1n) is 6.32. The Labute approximate surface area is 129 Å². The molecule has 0 saturated carbocycles. The van der Waals surface area contributed by atoms with Crippen molar-refractivity contribution in [3.8, 4) is 0 Å². The van der Waals surface area contributed by atoms with Crippen molar-refractivity contribution in [2.24, 2.45) is 0 Å². The van der Waals surface area contributed by atoms with Crippen molar-refractivity contribution in [3.05, 3.63) is 57.0 Å². The van der Waals surface area contributed by atoms with Crippen molar-refractivity contribution >= 4 is 33.9 Å². The Bertz CT molecular complexity index is 726. The monoisotopic (exact) mass is 320 g/mol. The van der Waals surface area contributed by atoms with E-state index in [-0.39, 0.29) is 17.2 Å². The highest BCUT2D eigenvalue weighted by Gasteiger charge is 2.15. The first kappa shape index (κ1) is 15.6. The van der Waals surface area contributed by atoms with Crippen LogP contribution in [0.1, 0.15) is 27.6 Å². The Morgan fingerprint density at radius 2 is 2.09 bits per heavy atom. The average Bonchev–Trinajstić information content (AvgIpc) is 2.98. The molecule has 0 unspecified atom stereocenters. The lowest BCUT2D eigenvalue weighted by Gasteiger charge is -2.06. The third kappa shape index (κ3) is 3.67. The van der Waals surface area contributed by atoms with Gasteiger partial charge in [-0.15, -0.1) is 0 Å². The molecular formula is C14H12N2O5S. The number of amides is 1. The summed E-state index contributed by atoms with van der Waals surface area (Å²) < 4.78 is 4.88. The van der Waals surface area contributed by atoms with Crippen molar-refractivity contribution in [1.29, 1.82) is 0 Å². The number of nitro groups is 1. The van der Waals surface area contributed by atoms with Gasteiger partial charge in [-0.2, -0.15) is 0 Å². The molecule has 1 N–H and O–H groups in total. The van der Waals surface area contributed by atoms with Crippen LogP contribution >= 0.6 is 11.3 Å². The third-order valence-corrected chi connectivity index (χ3v) is 3.54. The van der Waals surface area contributed by atoms with E-state index < -0.39 is 16.8 Å². The zero-order chi connectivity index (χ0) is 16.1. The van der Waals surface area contributed by atoms with Gasteiger partial charge < -0.3 is 10.1 Å². The number of ether oxygens (including phenoxy) is 1. The lowest BCUT2D eigenvalue weighted by atomic mass is 10.2. The number of thiophene rings is 1. The second-order valence-electron chi connectivity index (χ2n) is 4.19. The van der Waals surface area contributed by atoms with Gasteiger partial charge in [0.25, 0.3) is 5.91 Å². The van der Waals surface area contributed by atoms with Gasteiger partial charge in [-0.3, -0.25) is 14.9 Å². The SMILES string of the molecule is CCOC(=O)c1cccc(NC(=O)c2csc([N+](=O)[O-])c2)c1. The second-order valence-corrected chi connectivity index (χ2v) is 5.08. The molecule has 1 aromatic heterocycles. The van der Waals surface area contributed by atoms with Crippen LogP contribution in [-0.4, -0.2) is 23.4 Å². The molecule has 0 radical (unpaired) electrons. The summed E-state index contributed by atoms with van der Waals surface area (Å²) >= 11 is 0.877. The minimum atomic E-state index is -0.553. The van der Waals surface area contributed by atoms with Gasteiger partial charge in [-0.25, -0.2) is 4.79 Å². The molecule has 0 aliphatic heterocycles. The molecule has 0 bridgehead atoms. The van der Waals surface area contributed by atoms with E-state index >= 15 is 0 Å². The molecule has 0 saturated heterocycles. The topological polar surface area (TPSA) is 98.5 Å². The summed E-state index contributed by atoms with van der Waals surface area (Å²) in [6.07, 6.45) is 0. The predicted octanol–water partition coefficient (Wildman–Crippen LogP) is 3.09. The molecule has 2 rings (SSSR count). The van der Waals surface area contributed by atoms with Crippen LogP contribution in [-0.2, 0) is 4.74 Å². The fourth-order valence-corrected chi connectivity index (χ4v) is 2.39. The van der Waals surface area contributed by atoms with E-state index in [1.54, 1.807) is 25.1 Å². The van der Waals surface area contributed by atoms with Crippen LogP contribution in [0, 0.1) is 10.1 Å². The van der Waals surface area contributed by atoms with Gasteiger partial charge in [0.2, 0.25) is 0 Å². The molecule has 0 spiro atoms. The summed E-state index contributed by atoms with van der Waals surface area (Å²) in [6, 6.07) is 7.48. The van der Waals surface area contributed by atoms with Crippen LogP contribution in [0.2, 0.25) is 0 Å². The highest BCUT2D eigenvalue weighted by molar-refractivity contribution is 7.13. The van der Waals surface area contributed by atoms with Gasteiger partial charge in [0.1, 0.15) is 0 Å². The van der Waals surface area contributed by atoms with Gasteiger partial charge in [0, 0.05) is 17.1 Å². The van der Waals surface area contributed by atoms with Crippen LogP contribution in [0.15, 0.2) is 35.7 Å². The van der Waals surface area contributed by atoms with E-state index in [1.165, 1.54) is 17.5 Å². The summed E-state index contributed by atoms with van der Waals surface area (Å²) in [5.74, 6) is -0.963. The quantitative estimate of drug-likeness (QED) is 0.518. The number of benzene rings is 1. The smallest absolute Gasteiger partial charge is 0.338 e. The van der Waals surface area contributed by atoms with Gasteiger partial charge >= 0.3 is 11.0 Å². The summed E-state index contributed by atoms with van der Waals surface area (Å²) in [6.45, 7) is 1.96. The molecule has 0 fully saturated rings. The number of nitrogens with one attached hydrogen (secondary N) is 1. The fourth-order valence-electron chi connectivity index (χ4n) is 1.68. The molecule has 114 valence electrons. The highest BCUT2D eigenvalue weighted by Crippen LogP contribution is 2.23. The first-order valence-corrected chi connectivity index (χ1v) is 7.20. The van der Waals surface area contributed by atoms with E-state index in [0.717, 1.165) is 11.3 Å². The molecule has 1 amide bonds. The van der Waals surface area contributed by atoms with Crippen molar-refractivity contribution < 1.29 is 19.2 Å². The Kier molecular flexibility index (Phi) is 4.84. The Balaban J connectivity index is 2.12. The highest BCUT2D eigenvalue weighted by atomic mass is 32.1. The summed E-state index contributed by atoms with van der Waals surface area (Å²) in [5, 5.41) is 14.5. The summed E-state index contributed by atoms with van der Waals surface area (Å²) in [5.41, 5.74) is 0.915. The van der Waals surface area contributed by atoms with Gasteiger partial charge in [-0.1, -0.05) is 17.4 Å². The van der Waals surface area contributed by atoms with E-state index in [1.807, 2.05) is 0 Å². The van der Waals surface area contributed by atoms with Gasteiger partial charge in [0.15, 0.2) is 0 Å². The van der Waals surface area contributed by atoms with Crippen molar-refractivity contribution in [3.63, 3.8) is 0 Å². The average molecular weight is 320 g/mol. The number of nitrogens with zero attached hydrogens (tertiary/aromatic N) is 1. The van der Waals surface area contributed by atoms with Crippen LogP contribution in [0.3, 0.4) is 0 Å². The number of hydrogen-bond donors (Lipinski definition) is 1. The zero-order valence-electron chi connectivity index (χ0n) is 11.6. The number of rotatable bonds is 5. The first-order chi connectivity index (χ1) is 10.5. The van der Waals surface area contributed by atoms with Gasteiger partial charge in [0.05, 0.1) is 22.7 Å². The molecule has 0 atom stereocenters. The third-order valence-electron chi connectivity index (χ3n) is 2.66. The maximum atomic E-state index is 12.0. The van der Waals surface area contributed by atoms with Crippen LogP contribution < -0.4 is 5.32 Å². The Morgan fingerprint density at radius 1 is 1.32 bits per heavy atom. The number of anilines is 1. The molecule has 2 aromatic rings. The standard InChI is InChI=1S/C14H12N2O5S/c1-2-21-14(18)9-4-3-5-11(6-9)15-13(17)10-7-12(16(19)20)22-8-10/h3-8H,2H2,1H3,(H,15,17). The fraction of sp³-hybridized carbons (Fsp3) is 0.143. The maximum Gasteiger partial charge on any atom is 0.338 e. The molecular weight excluding hydrogens is 308 g/mol. The van der Waals surface area contributed by atoms with E-state index in [4.69, 9.17) is 4.74 Å². The molecule has 1 aromatic carbocycles. The number of hydrogen-bond acceptors (Lipinski definition) is 6. The molecule has 1 heterocycles. The van der Waals surface area contributed by atoms with Gasteiger partial charge in [-0.05, 0) is 25.1 Å². The summed E-state index contributed by atoms with van der Waals surface area (Å²) in [7, 11) is 0. The van der Waals surface area contributed by atoms with Crippen LogP contribution in [0.5, 0.6) is 0 Å². The summed E-state index contributed by atoms with van der Waals surface area (Å²) in [4.78, 5) is 33.7. The molecule has 7 nitrogen and oxygen atoms in total. The zero-order valence-corrected chi connectivity index (χ0v) is 12.4. The number of carbonyl (C=O) groups excluding carboxylic acids is 2. The van der Waals surface area contributed by atoms with Crippen molar-refractivity contribution in [2.45, 2.75) is 6.92 Å². The maximum absolute atomic E-state index is 12.0. The van der Waals surface area contributed by atoms with Crippen molar-refractivity contribution in [1.82, 2.24) is 0 Å². The minimum Gasteiger partial charge on any atom is -0.462 e. The Morgan fingerprint density at radius 3 is 2.73 bits per heavy atom. The molecule has 8 heteroatoms. The van der Waals surface area contributed by atoms with E-state index in [9.17, 15) is 19.7 Å². The van der Waals surface area contributed by atoms with E-state index in [0.29, 0.717) is 11.3 Å². The predicted molar refractivity (Wildman–Crippen MR) is 81.3 cm³/mol. The molecule has 22 heavy (non-hydrogen) atoms. The number of carbonyl (C=O) groups is 2. The second kappa shape index (κ2) is 6.81. The van der Waals surface area contributed by atoms with E-state index in [2.05, 4.69) is 5.32 Å². The molecule has 0 aliphatic rings. The largest absolute Gasteiger partial charge is 0.462 e. The van der Waals surface area contributed by atoms with Crippen LogP contribution in [0.25, 0.3) is 0 Å². The lowest BCUT2D eigenvalue weighted by Crippen LogP contribution is -2.12. The normalized spacial score (nSPS) is 10.0. The minimum absolute atomic E-state index is 0.106. The van der Waals surface area contributed by atoms with Crippen LogP contribution in [0.4, 0.5) is 10.7 Å². The molecule has 0 aliphatic carbocycles. The lowest BCUT2D eigenvalue weighted by molar-refractivity contribution is -0.380. The Hall–Kier alpha value is -2.74. The van der Waals surface area contributed by atoms with Crippen molar-refractivity contribution in [2.75, 3.05) is 11.9 Å².